The summed E-state index contributed by atoms with van der Waals surface area (Å²) in [6.45, 7) is 4.04. The van der Waals surface area contributed by atoms with Gasteiger partial charge in [-0.3, -0.25) is 9.59 Å². The molecular weight excluding hydrogens is 408 g/mol. The molecular formula is C20H23ClN6O3. The van der Waals surface area contributed by atoms with E-state index >= 15 is 0 Å². The predicted octanol–water partition coefficient (Wildman–Crippen LogP) is 2.39. The summed E-state index contributed by atoms with van der Waals surface area (Å²) < 4.78 is 0. The zero-order valence-corrected chi connectivity index (χ0v) is 17.0. The minimum Gasteiger partial charge on any atom is -0.387 e. The third-order valence-electron chi connectivity index (χ3n) is 4.61. The Labute approximate surface area is 179 Å². The number of benzene rings is 1. The average Bonchev–Trinajstić information content (AvgIpc) is 2.76. The van der Waals surface area contributed by atoms with E-state index in [1.165, 1.54) is 12.3 Å². The molecule has 1 aliphatic heterocycles. The monoisotopic (exact) mass is 430 g/mol. The zero-order chi connectivity index (χ0) is 21.5. The number of aliphatic hydroxyl groups excluding tert-OH is 1. The topological polar surface area (TPSA) is 119 Å². The number of aliphatic hydroxyl groups is 1. The Balaban J connectivity index is 1.74. The summed E-state index contributed by atoms with van der Waals surface area (Å²) in [6.07, 6.45) is 4.33. The van der Waals surface area contributed by atoms with E-state index < -0.39 is 6.61 Å². The number of piperidine rings is 1. The van der Waals surface area contributed by atoms with E-state index in [1.54, 1.807) is 23.1 Å². The molecule has 0 bridgehead atoms. The molecule has 1 fully saturated rings. The van der Waals surface area contributed by atoms with Crippen molar-refractivity contribution in [1.29, 1.82) is 0 Å². The molecule has 10 heteroatoms. The first kappa shape index (κ1) is 21.5. The van der Waals surface area contributed by atoms with Crippen molar-refractivity contribution in [2.24, 2.45) is 0 Å². The maximum Gasteiger partial charge on any atom is 0.248 e. The molecule has 0 unspecified atom stereocenters. The van der Waals surface area contributed by atoms with Crippen molar-refractivity contribution in [3.05, 3.63) is 48.1 Å². The second-order valence-electron chi connectivity index (χ2n) is 6.74. The fraction of sp³-hybridized carbons (Fsp3) is 0.300. The lowest BCUT2D eigenvalue weighted by Gasteiger charge is -2.32. The molecule has 3 rings (SSSR count). The SMILES string of the molecule is C=CC(=O)Nc1ccccc1Nc1nc(N[C@H]2CCCN(C(=O)CO)C2)ncc1Cl. The van der Waals surface area contributed by atoms with Crippen molar-refractivity contribution in [2.45, 2.75) is 18.9 Å². The average molecular weight is 431 g/mol. The third-order valence-corrected chi connectivity index (χ3v) is 4.89. The maximum atomic E-state index is 11.8. The highest BCUT2D eigenvalue weighted by atomic mass is 35.5. The number of hydrogen-bond acceptors (Lipinski definition) is 7. The van der Waals surface area contributed by atoms with E-state index in [4.69, 9.17) is 16.7 Å². The number of anilines is 4. The highest BCUT2D eigenvalue weighted by Gasteiger charge is 2.23. The van der Waals surface area contributed by atoms with Crippen LogP contribution in [0.1, 0.15) is 12.8 Å². The van der Waals surface area contributed by atoms with Gasteiger partial charge in [-0.05, 0) is 31.1 Å². The largest absolute Gasteiger partial charge is 0.387 e. The van der Waals surface area contributed by atoms with Crippen LogP contribution in [-0.2, 0) is 9.59 Å². The Morgan fingerprint density at radius 3 is 2.83 bits per heavy atom. The summed E-state index contributed by atoms with van der Waals surface area (Å²) in [6, 6.07) is 7.09. The number of rotatable bonds is 7. The first-order chi connectivity index (χ1) is 14.5. The van der Waals surface area contributed by atoms with Crippen LogP contribution in [0.3, 0.4) is 0 Å². The lowest BCUT2D eigenvalue weighted by atomic mass is 10.1. The van der Waals surface area contributed by atoms with Crippen LogP contribution in [0, 0.1) is 0 Å². The van der Waals surface area contributed by atoms with Gasteiger partial charge >= 0.3 is 0 Å². The summed E-state index contributed by atoms with van der Waals surface area (Å²) in [5.74, 6) is 0.102. The Morgan fingerprint density at radius 1 is 1.33 bits per heavy atom. The lowest BCUT2D eigenvalue weighted by Crippen LogP contribution is -2.46. The van der Waals surface area contributed by atoms with E-state index in [-0.39, 0.29) is 17.9 Å². The lowest BCUT2D eigenvalue weighted by molar-refractivity contribution is -0.135. The van der Waals surface area contributed by atoms with Gasteiger partial charge in [-0.15, -0.1) is 0 Å². The molecule has 1 aliphatic rings. The van der Waals surface area contributed by atoms with Crippen LogP contribution < -0.4 is 16.0 Å². The summed E-state index contributed by atoms with van der Waals surface area (Å²) in [4.78, 5) is 33.7. The molecule has 0 radical (unpaired) electrons. The number of halogens is 1. The summed E-state index contributed by atoms with van der Waals surface area (Å²) >= 11 is 6.26. The predicted molar refractivity (Wildman–Crippen MR) is 116 cm³/mol. The van der Waals surface area contributed by atoms with Crippen molar-refractivity contribution < 1.29 is 14.7 Å². The summed E-state index contributed by atoms with van der Waals surface area (Å²) in [5.41, 5.74) is 1.16. The van der Waals surface area contributed by atoms with E-state index in [1.807, 2.05) is 6.07 Å². The van der Waals surface area contributed by atoms with Gasteiger partial charge in [-0.25, -0.2) is 4.98 Å². The summed E-state index contributed by atoms with van der Waals surface area (Å²) in [5, 5.41) is 18.4. The zero-order valence-electron chi connectivity index (χ0n) is 16.3. The van der Waals surface area contributed by atoms with Gasteiger partial charge in [0, 0.05) is 19.1 Å². The number of aromatic nitrogens is 2. The number of para-hydroxylation sites is 2. The van der Waals surface area contributed by atoms with Crippen LogP contribution in [0.5, 0.6) is 0 Å². The van der Waals surface area contributed by atoms with E-state index in [9.17, 15) is 9.59 Å². The molecule has 0 aliphatic carbocycles. The van der Waals surface area contributed by atoms with Crippen molar-refractivity contribution in [2.75, 3.05) is 35.6 Å². The van der Waals surface area contributed by atoms with Gasteiger partial charge in [-0.1, -0.05) is 30.3 Å². The van der Waals surface area contributed by atoms with Gasteiger partial charge in [0.05, 0.1) is 17.6 Å². The highest BCUT2D eigenvalue weighted by molar-refractivity contribution is 6.33. The second kappa shape index (κ2) is 10.0. The first-order valence-electron chi connectivity index (χ1n) is 9.47. The van der Waals surface area contributed by atoms with Crippen LogP contribution in [0.2, 0.25) is 5.02 Å². The number of amides is 2. The van der Waals surface area contributed by atoms with Gasteiger partial charge in [0.25, 0.3) is 0 Å². The van der Waals surface area contributed by atoms with Crippen LogP contribution in [0.4, 0.5) is 23.1 Å². The van der Waals surface area contributed by atoms with Crippen molar-refractivity contribution in [3.63, 3.8) is 0 Å². The minimum atomic E-state index is -0.500. The molecule has 30 heavy (non-hydrogen) atoms. The molecule has 0 saturated carbocycles. The van der Waals surface area contributed by atoms with Crippen LogP contribution >= 0.6 is 11.6 Å². The van der Waals surface area contributed by atoms with Crippen LogP contribution in [0.15, 0.2) is 43.1 Å². The van der Waals surface area contributed by atoms with E-state index in [2.05, 4.69) is 32.5 Å². The van der Waals surface area contributed by atoms with Crippen LogP contribution in [-0.4, -0.2) is 57.5 Å². The Morgan fingerprint density at radius 2 is 2.10 bits per heavy atom. The van der Waals surface area contributed by atoms with Gasteiger partial charge in [0.1, 0.15) is 11.6 Å². The van der Waals surface area contributed by atoms with Gasteiger partial charge in [-0.2, -0.15) is 4.98 Å². The standard InChI is InChI=1S/C20H23ClN6O3/c1-2-17(29)24-15-7-3-4-8-16(15)25-19-14(21)10-22-20(26-19)23-13-6-5-9-27(11-13)18(30)12-28/h2-4,7-8,10,13,28H,1,5-6,9,11-12H2,(H,24,29)(H2,22,23,25,26)/t13-/m0/s1. The Kier molecular flexibility index (Phi) is 7.21. The van der Waals surface area contributed by atoms with Crippen molar-refractivity contribution in [1.82, 2.24) is 14.9 Å². The van der Waals surface area contributed by atoms with Gasteiger partial charge in [0.2, 0.25) is 17.8 Å². The fourth-order valence-electron chi connectivity index (χ4n) is 3.14. The molecule has 158 valence electrons. The molecule has 0 spiro atoms. The second-order valence-corrected chi connectivity index (χ2v) is 7.14. The molecule has 1 saturated heterocycles. The van der Waals surface area contributed by atoms with E-state index in [0.717, 1.165) is 12.8 Å². The number of nitrogens with one attached hydrogen (secondary N) is 3. The Hall–Kier alpha value is -3.17. The van der Waals surface area contributed by atoms with Gasteiger partial charge < -0.3 is 26.0 Å². The van der Waals surface area contributed by atoms with E-state index in [0.29, 0.717) is 41.3 Å². The van der Waals surface area contributed by atoms with Crippen molar-refractivity contribution in [3.8, 4) is 0 Å². The number of likely N-dealkylation sites (tertiary alicyclic amines) is 1. The number of carbonyl (C=O) groups excluding carboxylic acids is 2. The number of hydrogen-bond donors (Lipinski definition) is 4. The molecule has 2 aromatic rings. The van der Waals surface area contributed by atoms with Gasteiger partial charge in [0.15, 0.2) is 5.82 Å². The number of carbonyl (C=O) groups is 2. The third kappa shape index (κ3) is 5.46. The molecule has 2 heterocycles. The minimum absolute atomic E-state index is 0.0394. The Bertz CT molecular complexity index is 939. The molecule has 2 amide bonds. The molecule has 9 nitrogen and oxygen atoms in total. The molecule has 1 aromatic heterocycles. The summed E-state index contributed by atoms with van der Waals surface area (Å²) in [7, 11) is 0. The molecule has 1 aromatic carbocycles. The maximum absolute atomic E-state index is 11.8. The molecule has 4 N–H and O–H groups in total. The number of nitrogens with zero attached hydrogens (tertiary/aromatic N) is 3. The molecule has 1 atom stereocenters. The van der Waals surface area contributed by atoms with Crippen LogP contribution in [0.25, 0.3) is 0 Å². The first-order valence-corrected chi connectivity index (χ1v) is 9.85. The smallest absolute Gasteiger partial charge is 0.248 e. The highest BCUT2D eigenvalue weighted by Crippen LogP contribution is 2.29. The fourth-order valence-corrected chi connectivity index (χ4v) is 3.28. The van der Waals surface area contributed by atoms with Crippen molar-refractivity contribution >= 4 is 46.6 Å². The normalized spacial score (nSPS) is 15.9. The quantitative estimate of drug-likeness (QED) is 0.498.